The van der Waals surface area contributed by atoms with Crippen LogP contribution in [0.3, 0.4) is 0 Å². The summed E-state index contributed by atoms with van der Waals surface area (Å²) >= 11 is 0. The molecule has 2 heterocycles. The smallest absolute Gasteiger partial charge is 0.357 e. The number of furan rings is 1. The fraction of sp³-hybridized carbons (Fsp3) is 0.154. The number of aromatic nitrogens is 4. The Morgan fingerprint density at radius 1 is 1.11 bits per heavy atom. The summed E-state index contributed by atoms with van der Waals surface area (Å²) in [7, 11) is 0. The lowest BCUT2D eigenvalue weighted by Crippen LogP contribution is -2.35. The predicted molar refractivity (Wildman–Crippen MR) is 131 cm³/mol. The molecule has 10 heteroatoms. The second-order valence-corrected chi connectivity index (χ2v) is 7.69. The van der Waals surface area contributed by atoms with Crippen molar-refractivity contribution in [3.8, 4) is 17.5 Å². The maximum absolute atomic E-state index is 13.2. The van der Waals surface area contributed by atoms with Crippen LogP contribution in [0, 0.1) is 18.3 Å². The average molecular weight is 483 g/mol. The first-order valence-corrected chi connectivity index (χ1v) is 11.1. The second kappa shape index (κ2) is 11.4. The Morgan fingerprint density at radius 2 is 1.89 bits per heavy atom. The van der Waals surface area contributed by atoms with E-state index in [4.69, 9.17) is 14.4 Å². The average Bonchev–Trinajstić information content (AvgIpc) is 3.60. The van der Waals surface area contributed by atoms with Crippen molar-refractivity contribution in [1.29, 1.82) is 5.26 Å². The Hall–Kier alpha value is -5.04. The molecular formula is C26H22N6O4. The number of hydrogen-bond donors (Lipinski definition) is 0. The van der Waals surface area contributed by atoms with Crippen LogP contribution in [0.1, 0.15) is 17.7 Å². The molecule has 4 rings (SSSR count). The standard InChI is InChI=1S/C26H22N6O4/c1-19-10-12-21(13-11-19)31(15-6-14-27)24(33)18-36-26(34)23(17-22-9-5-16-35-22)32-25(28-29-30-32)20-7-3-2-4-8-20/h2-5,7-13,16-17H,6,15,18H2,1H3. The molecule has 0 radical (unpaired) electrons. The summed E-state index contributed by atoms with van der Waals surface area (Å²) in [5, 5.41) is 20.7. The quantitative estimate of drug-likeness (QED) is 0.261. The molecule has 0 unspecified atom stereocenters. The minimum absolute atomic E-state index is 0.0412. The van der Waals surface area contributed by atoms with Gasteiger partial charge in [0, 0.05) is 23.9 Å². The molecular weight excluding hydrogens is 460 g/mol. The number of esters is 1. The van der Waals surface area contributed by atoms with E-state index in [0.717, 1.165) is 5.56 Å². The number of tetrazole rings is 1. The molecule has 0 aliphatic rings. The highest BCUT2D eigenvalue weighted by Gasteiger charge is 2.24. The maximum atomic E-state index is 13.2. The summed E-state index contributed by atoms with van der Waals surface area (Å²) in [6, 6.07) is 21.7. The van der Waals surface area contributed by atoms with Gasteiger partial charge in [0.05, 0.1) is 18.8 Å². The van der Waals surface area contributed by atoms with Crippen molar-refractivity contribution in [2.75, 3.05) is 18.1 Å². The number of aryl methyl sites for hydroxylation is 1. The van der Waals surface area contributed by atoms with Crippen molar-refractivity contribution in [2.24, 2.45) is 0 Å². The molecule has 1 amide bonds. The number of amides is 1. The molecule has 0 saturated heterocycles. The molecule has 0 bridgehead atoms. The first kappa shape index (κ1) is 24.1. The van der Waals surface area contributed by atoms with E-state index >= 15 is 0 Å². The number of hydrogen-bond acceptors (Lipinski definition) is 8. The lowest BCUT2D eigenvalue weighted by molar-refractivity contribution is -0.142. The van der Waals surface area contributed by atoms with E-state index in [1.165, 1.54) is 21.9 Å². The monoisotopic (exact) mass is 482 g/mol. The topological polar surface area (TPSA) is 127 Å². The number of rotatable bonds is 9. The number of nitriles is 1. The third kappa shape index (κ3) is 5.71. The van der Waals surface area contributed by atoms with Gasteiger partial charge in [-0.3, -0.25) is 4.79 Å². The first-order chi connectivity index (χ1) is 17.6. The van der Waals surface area contributed by atoms with E-state index in [1.807, 2.05) is 43.3 Å². The Balaban J connectivity index is 1.58. The Labute approximate surface area is 207 Å². The van der Waals surface area contributed by atoms with Crippen molar-refractivity contribution in [2.45, 2.75) is 13.3 Å². The third-order valence-electron chi connectivity index (χ3n) is 5.18. The zero-order valence-electron chi connectivity index (χ0n) is 19.4. The van der Waals surface area contributed by atoms with E-state index in [-0.39, 0.29) is 18.7 Å². The van der Waals surface area contributed by atoms with Gasteiger partial charge < -0.3 is 14.1 Å². The number of nitrogens with zero attached hydrogens (tertiary/aromatic N) is 6. The normalized spacial score (nSPS) is 11.1. The number of carbonyl (C=O) groups is 2. The lowest BCUT2D eigenvalue weighted by atomic mass is 10.2. The van der Waals surface area contributed by atoms with E-state index < -0.39 is 18.5 Å². The van der Waals surface area contributed by atoms with Crippen molar-refractivity contribution in [1.82, 2.24) is 20.2 Å². The van der Waals surface area contributed by atoms with Crippen LogP contribution in [0.5, 0.6) is 0 Å². The van der Waals surface area contributed by atoms with Crippen LogP contribution in [-0.2, 0) is 14.3 Å². The molecule has 0 fully saturated rings. The van der Waals surface area contributed by atoms with Crippen molar-refractivity contribution < 1.29 is 18.7 Å². The highest BCUT2D eigenvalue weighted by molar-refractivity contribution is 6.16. The van der Waals surface area contributed by atoms with Gasteiger partial charge in [0.15, 0.2) is 18.1 Å². The Bertz CT molecular complexity index is 1390. The summed E-state index contributed by atoms with van der Waals surface area (Å²) < 4.78 is 12.0. The first-order valence-electron chi connectivity index (χ1n) is 11.1. The summed E-state index contributed by atoms with van der Waals surface area (Å²) in [6.45, 7) is 1.55. The third-order valence-corrected chi connectivity index (χ3v) is 5.18. The second-order valence-electron chi connectivity index (χ2n) is 7.69. The van der Waals surface area contributed by atoms with Gasteiger partial charge in [0.1, 0.15) is 5.76 Å². The Morgan fingerprint density at radius 3 is 2.58 bits per heavy atom. The van der Waals surface area contributed by atoms with E-state index in [9.17, 15) is 9.59 Å². The van der Waals surface area contributed by atoms with Crippen LogP contribution in [0.15, 0.2) is 77.4 Å². The van der Waals surface area contributed by atoms with Gasteiger partial charge in [-0.25, -0.2) is 4.79 Å². The van der Waals surface area contributed by atoms with Crippen LogP contribution >= 0.6 is 0 Å². The minimum Gasteiger partial charge on any atom is -0.465 e. The number of carbonyl (C=O) groups excluding carboxylic acids is 2. The van der Waals surface area contributed by atoms with Crippen LogP contribution < -0.4 is 4.90 Å². The van der Waals surface area contributed by atoms with Gasteiger partial charge in [-0.2, -0.15) is 9.94 Å². The minimum atomic E-state index is -0.826. The molecule has 4 aromatic rings. The SMILES string of the molecule is Cc1ccc(N(CCC#N)C(=O)COC(=O)C(=Cc2ccco2)n2nnnc2-c2ccccc2)cc1. The Kier molecular flexibility index (Phi) is 7.63. The van der Waals surface area contributed by atoms with Gasteiger partial charge in [0.2, 0.25) is 0 Å². The zero-order chi connectivity index (χ0) is 25.3. The van der Waals surface area contributed by atoms with Crippen LogP contribution in [-0.4, -0.2) is 45.2 Å². The highest BCUT2D eigenvalue weighted by atomic mass is 16.5. The van der Waals surface area contributed by atoms with Gasteiger partial charge in [-0.1, -0.05) is 48.0 Å². The van der Waals surface area contributed by atoms with Gasteiger partial charge in [-0.05, 0) is 41.6 Å². The molecule has 36 heavy (non-hydrogen) atoms. The molecule has 180 valence electrons. The molecule has 0 aliphatic carbocycles. The fourth-order valence-electron chi connectivity index (χ4n) is 3.39. The molecule has 0 saturated carbocycles. The fourth-order valence-corrected chi connectivity index (χ4v) is 3.39. The van der Waals surface area contributed by atoms with E-state index in [0.29, 0.717) is 22.8 Å². The molecule has 0 N–H and O–H groups in total. The van der Waals surface area contributed by atoms with Crippen molar-refractivity contribution >= 4 is 29.3 Å². The van der Waals surface area contributed by atoms with Gasteiger partial charge in [0.25, 0.3) is 5.91 Å². The molecule has 2 aromatic carbocycles. The molecule has 10 nitrogen and oxygen atoms in total. The number of benzene rings is 2. The molecule has 0 aliphatic heterocycles. The summed E-state index contributed by atoms with van der Waals surface area (Å²) in [6.07, 6.45) is 3.02. The zero-order valence-corrected chi connectivity index (χ0v) is 19.4. The molecule has 2 aromatic heterocycles. The lowest BCUT2D eigenvalue weighted by Gasteiger charge is -2.22. The largest absolute Gasteiger partial charge is 0.465 e. The highest BCUT2D eigenvalue weighted by Crippen LogP contribution is 2.22. The summed E-state index contributed by atoms with van der Waals surface area (Å²) in [5.74, 6) is -0.613. The number of ether oxygens (including phenoxy) is 1. The van der Waals surface area contributed by atoms with Gasteiger partial charge in [-0.15, -0.1) is 5.10 Å². The molecule has 0 atom stereocenters. The van der Waals surface area contributed by atoms with Crippen molar-refractivity contribution in [3.63, 3.8) is 0 Å². The van der Waals surface area contributed by atoms with E-state index in [2.05, 4.69) is 15.5 Å². The van der Waals surface area contributed by atoms with Crippen LogP contribution in [0.25, 0.3) is 23.2 Å². The van der Waals surface area contributed by atoms with Crippen LogP contribution in [0.4, 0.5) is 5.69 Å². The van der Waals surface area contributed by atoms with E-state index in [1.54, 1.807) is 36.4 Å². The van der Waals surface area contributed by atoms with Crippen LogP contribution in [0.2, 0.25) is 0 Å². The maximum Gasteiger partial charge on any atom is 0.357 e. The predicted octanol–water partition coefficient (Wildman–Crippen LogP) is 3.73. The summed E-state index contributed by atoms with van der Waals surface area (Å²) in [5.41, 5.74) is 2.27. The molecule has 0 spiro atoms. The van der Waals surface area contributed by atoms with Gasteiger partial charge >= 0.3 is 5.97 Å². The number of anilines is 1. The van der Waals surface area contributed by atoms with Crippen molar-refractivity contribution in [3.05, 3.63) is 84.3 Å². The summed E-state index contributed by atoms with van der Waals surface area (Å²) in [4.78, 5) is 27.6.